The van der Waals surface area contributed by atoms with Gasteiger partial charge in [-0.1, -0.05) is 6.07 Å². The third-order valence-electron chi connectivity index (χ3n) is 10.2. The second-order valence-corrected chi connectivity index (χ2v) is 13.0. The minimum Gasteiger partial charge on any atom is -0.496 e. The molecule has 4 heterocycles. The number of amides is 2. The number of carbonyl (C=O) groups is 2. The number of hydrogen-bond acceptors (Lipinski definition) is 8. The molecule has 4 aliphatic rings. The zero-order chi connectivity index (χ0) is 30.8. The number of likely N-dealkylation sites (tertiary alicyclic amines) is 2. The molecule has 11 heteroatoms. The fourth-order valence-corrected chi connectivity index (χ4v) is 7.70. The van der Waals surface area contributed by atoms with Crippen LogP contribution in [0.5, 0.6) is 5.75 Å². The topological polar surface area (TPSA) is 119 Å². The van der Waals surface area contributed by atoms with Gasteiger partial charge in [0.25, 0.3) is 0 Å². The van der Waals surface area contributed by atoms with Crippen molar-refractivity contribution in [3.63, 3.8) is 0 Å². The molecule has 4 fully saturated rings. The number of benzene rings is 1. The summed E-state index contributed by atoms with van der Waals surface area (Å²) < 4.78 is 20.5. The molecule has 0 bridgehead atoms. The van der Waals surface area contributed by atoms with E-state index < -0.39 is 6.04 Å². The van der Waals surface area contributed by atoms with Gasteiger partial charge in [0.1, 0.15) is 11.6 Å². The molecule has 3 saturated heterocycles. The van der Waals surface area contributed by atoms with Gasteiger partial charge in [-0.2, -0.15) is 0 Å². The summed E-state index contributed by atoms with van der Waals surface area (Å²) >= 11 is 0. The van der Waals surface area contributed by atoms with E-state index >= 15 is 4.39 Å². The van der Waals surface area contributed by atoms with Crippen LogP contribution < -0.4 is 20.9 Å². The maximum Gasteiger partial charge on any atom is 0.239 e. The molecule has 3 aliphatic heterocycles. The average molecular weight is 609 g/mol. The third-order valence-corrected chi connectivity index (χ3v) is 10.2. The summed E-state index contributed by atoms with van der Waals surface area (Å²) in [5.74, 6) is 0.331. The van der Waals surface area contributed by atoms with Crippen molar-refractivity contribution < 1.29 is 23.8 Å². The van der Waals surface area contributed by atoms with Crippen molar-refractivity contribution in [3.05, 3.63) is 59.2 Å². The number of aryl methyl sites for hydroxylation is 1. The van der Waals surface area contributed by atoms with Crippen LogP contribution >= 0.6 is 0 Å². The van der Waals surface area contributed by atoms with Gasteiger partial charge in [-0.15, -0.1) is 0 Å². The summed E-state index contributed by atoms with van der Waals surface area (Å²) in [7, 11) is 1.52. The van der Waals surface area contributed by atoms with Crippen LogP contribution in [0.4, 0.5) is 4.39 Å². The van der Waals surface area contributed by atoms with E-state index in [4.69, 9.17) is 4.74 Å². The van der Waals surface area contributed by atoms with Crippen molar-refractivity contribution in [1.29, 1.82) is 0 Å². The third kappa shape index (κ3) is 6.61. The zero-order valence-electron chi connectivity index (χ0n) is 25.7. The van der Waals surface area contributed by atoms with Crippen molar-refractivity contribution in [2.75, 3.05) is 26.7 Å². The largest absolute Gasteiger partial charge is 0.496 e. The van der Waals surface area contributed by atoms with E-state index in [-0.39, 0.29) is 48.3 Å². The van der Waals surface area contributed by atoms with E-state index in [1.54, 1.807) is 12.1 Å². The van der Waals surface area contributed by atoms with Gasteiger partial charge in [0.2, 0.25) is 11.8 Å². The number of nitrogens with one attached hydrogen (secondary N) is 3. The quantitative estimate of drug-likeness (QED) is 0.379. The van der Waals surface area contributed by atoms with Crippen molar-refractivity contribution >= 4 is 11.8 Å². The Morgan fingerprint density at radius 1 is 1.11 bits per heavy atom. The van der Waals surface area contributed by atoms with Gasteiger partial charge in [0.15, 0.2) is 0 Å². The first-order valence-corrected chi connectivity index (χ1v) is 16.1. The number of ether oxygens (including phenoxy) is 1. The highest BCUT2D eigenvalue weighted by atomic mass is 19.1. The molecule has 1 aliphatic carbocycles. The molecule has 6 rings (SSSR count). The summed E-state index contributed by atoms with van der Waals surface area (Å²) in [4.78, 5) is 35.6. The number of carbonyl (C=O) groups excluding carboxylic acids is 2. The summed E-state index contributed by atoms with van der Waals surface area (Å²) in [5.41, 5.74) is 9.49. The molecule has 238 valence electrons. The fraction of sp³-hybridized carbons (Fsp3) is 0.606. The van der Waals surface area contributed by atoms with Crippen LogP contribution in [0.2, 0.25) is 0 Å². The second-order valence-electron chi connectivity index (χ2n) is 13.0. The Labute approximate surface area is 258 Å². The maximum atomic E-state index is 15.0. The number of halogens is 1. The average Bonchev–Trinajstić information content (AvgIpc) is 3.46. The molecule has 0 spiro atoms. The lowest BCUT2D eigenvalue weighted by molar-refractivity contribution is -0.141. The first kappa shape index (κ1) is 30.9. The standard InChI is InChI=1S/C33H45FN6O4/c1-20-16-21(10-13-35-20)31-25-17-22(6-8-28(25)37-38-31)32(42)36-23-7-9-29(33(43)39-14-11-24(41)12-15-39)40(18-23)19-26-27(34)4-3-5-30(26)44-2/h3-5,10,13,16,22-25,28-29,31,37-38,41H,6-9,11-12,14-15,17-19H2,1-2H3,(H,36,42)/t22?,23-,25?,28?,29+,31?/m1/s1. The number of fused-ring (bicyclic) bond motifs is 1. The molecule has 44 heavy (non-hydrogen) atoms. The number of aliphatic hydroxyl groups is 1. The van der Waals surface area contributed by atoms with Crippen molar-refractivity contribution in [2.24, 2.45) is 11.8 Å². The molecule has 2 amide bonds. The van der Waals surface area contributed by atoms with Gasteiger partial charge in [-0.3, -0.25) is 24.9 Å². The number of aromatic nitrogens is 1. The smallest absolute Gasteiger partial charge is 0.239 e. The summed E-state index contributed by atoms with van der Waals surface area (Å²) in [6, 6.07) is 8.77. The molecule has 2 aromatic rings. The lowest BCUT2D eigenvalue weighted by Crippen LogP contribution is -2.58. The number of rotatable bonds is 7. The fourth-order valence-electron chi connectivity index (χ4n) is 7.70. The zero-order valence-corrected chi connectivity index (χ0v) is 25.7. The SMILES string of the molecule is COc1cccc(F)c1CN1C[C@H](NC(=O)C2CCC3NNC(c4ccnc(C)c4)C3C2)CC[C@H]1C(=O)N1CCC(O)CC1. The van der Waals surface area contributed by atoms with Gasteiger partial charge in [0.05, 0.1) is 25.3 Å². The van der Waals surface area contributed by atoms with E-state index in [1.807, 2.05) is 29.0 Å². The molecule has 6 atom stereocenters. The maximum absolute atomic E-state index is 15.0. The Morgan fingerprint density at radius 2 is 1.93 bits per heavy atom. The second kappa shape index (κ2) is 13.5. The Balaban J connectivity index is 1.14. The molecule has 0 radical (unpaired) electrons. The summed E-state index contributed by atoms with van der Waals surface area (Å²) in [6.45, 7) is 3.66. The number of piperidine rings is 2. The van der Waals surface area contributed by atoms with E-state index in [9.17, 15) is 14.7 Å². The molecular formula is C33H45FN6O4. The number of pyridine rings is 1. The number of nitrogens with zero attached hydrogens (tertiary/aromatic N) is 3. The van der Waals surface area contributed by atoms with Gasteiger partial charge in [0, 0.05) is 61.6 Å². The monoisotopic (exact) mass is 608 g/mol. The van der Waals surface area contributed by atoms with Gasteiger partial charge >= 0.3 is 0 Å². The number of aliphatic hydroxyl groups excluding tert-OH is 1. The van der Waals surface area contributed by atoms with Crippen LogP contribution in [0.15, 0.2) is 36.5 Å². The van der Waals surface area contributed by atoms with E-state index in [2.05, 4.69) is 27.2 Å². The predicted molar refractivity (Wildman–Crippen MR) is 163 cm³/mol. The van der Waals surface area contributed by atoms with E-state index in [1.165, 1.54) is 18.7 Å². The van der Waals surface area contributed by atoms with Crippen molar-refractivity contribution in [2.45, 2.75) is 88.7 Å². The van der Waals surface area contributed by atoms with Crippen LogP contribution in [0, 0.1) is 24.6 Å². The van der Waals surface area contributed by atoms with Crippen molar-refractivity contribution in [1.82, 2.24) is 31.0 Å². The number of hydrazine groups is 1. The van der Waals surface area contributed by atoms with Crippen LogP contribution in [0.3, 0.4) is 0 Å². The molecule has 10 nitrogen and oxygen atoms in total. The predicted octanol–water partition coefficient (Wildman–Crippen LogP) is 2.60. The van der Waals surface area contributed by atoms with Crippen LogP contribution in [0.25, 0.3) is 0 Å². The Bertz CT molecular complexity index is 1340. The Morgan fingerprint density at radius 3 is 2.70 bits per heavy atom. The minimum absolute atomic E-state index is 0.00827. The Kier molecular flexibility index (Phi) is 9.46. The minimum atomic E-state index is -0.432. The lowest BCUT2D eigenvalue weighted by atomic mass is 9.74. The normalized spacial score (nSPS) is 29.7. The Hall–Kier alpha value is -3.12. The molecule has 1 saturated carbocycles. The van der Waals surface area contributed by atoms with Crippen LogP contribution in [-0.2, 0) is 16.1 Å². The molecular weight excluding hydrogens is 563 g/mol. The van der Waals surface area contributed by atoms with Gasteiger partial charge < -0.3 is 20.1 Å². The summed E-state index contributed by atoms with van der Waals surface area (Å²) in [5, 5.41) is 13.3. The number of hydrogen-bond donors (Lipinski definition) is 4. The lowest BCUT2D eigenvalue weighted by Gasteiger charge is -2.42. The molecule has 1 aromatic heterocycles. The van der Waals surface area contributed by atoms with Gasteiger partial charge in [-0.25, -0.2) is 9.82 Å². The highest BCUT2D eigenvalue weighted by molar-refractivity contribution is 5.82. The molecule has 1 aromatic carbocycles. The van der Waals surface area contributed by atoms with Crippen molar-refractivity contribution in [3.8, 4) is 5.75 Å². The number of methoxy groups -OCH3 is 1. The van der Waals surface area contributed by atoms with E-state index in [0.29, 0.717) is 68.6 Å². The van der Waals surface area contributed by atoms with Gasteiger partial charge in [-0.05, 0) is 87.6 Å². The first-order valence-electron chi connectivity index (χ1n) is 16.1. The summed E-state index contributed by atoms with van der Waals surface area (Å²) in [6.07, 6.45) is 6.34. The van der Waals surface area contributed by atoms with Crippen LogP contribution in [-0.4, -0.2) is 82.7 Å². The highest BCUT2D eigenvalue weighted by Crippen LogP contribution is 2.40. The first-order chi connectivity index (χ1) is 21.3. The molecule has 4 N–H and O–H groups in total. The van der Waals surface area contributed by atoms with Crippen LogP contribution in [0.1, 0.15) is 67.8 Å². The molecule has 4 unspecified atom stereocenters. The highest BCUT2D eigenvalue weighted by Gasteiger charge is 2.44. The van der Waals surface area contributed by atoms with E-state index in [0.717, 1.165) is 25.0 Å².